The average Bonchev–Trinajstić information content (AvgIpc) is 2.77. The minimum absolute atomic E-state index is 0.186. The Kier molecular flexibility index (Phi) is 1.42. The van der Waals surface area contributed by atoms with Crippen LogP contribution < -0.4 is 10.6 Å². The van der Waals surface area contributed by atoms with Crippen molar-refractivity contribution in [2.24, 2.45) is 5.92 Å². The van der Waals surface area contributed by atoms with Crippen LogP contribution in [0.15, 0.2) is 0 Å². The molecule has 2 N–H and O–H groups in total. The molecule has 2 rings (SSSR count). The highest BCUT2D eigenvalue weighted by Gasteiger charge is 2.47. The molecule has 2 aliphatic rings. The molecule has 62 valence electrons. The van der Waals surface area contributed by atoms with Crippen molar-refractivity contribution >= 4 is 5.91 Å². The standard InChI is InChI=1S/C8H14N2O/c1-8(6-2-3-6)7(11)9-4-5-10-8/h6,10H,2-5H2,1H3,(H,9,11). The smallest absolute Gasteiger partial charge is 0.240 e. The summed E-state index contributed by atoms with van der Waals surface area (Å²) in [5.74, 6) is 0.772. The number of carbonyl (C=O) groups is 1. The molecule has 0 aromatic carbocycles. The van der Waals surface area contributed by atoms with E-state index in [2.05, 4.69) is 10.6 Å². The monoisotopic (exact) mass is 154 g/mol. The van der Waals surface area contributed by atoms with Crippen molar-refractivity contribution in [1.29, 1.82) is 0 Å². The fourth-order valence-electron chi connectivity index (χ4n) is 1.75. The SMILES string of the molecule is CC1(C2CC2)NCCNC1=O. The number of nitrogens with one attached hydrogen (secondary N) is 2. The van der Waals surface area contributed by atoms with Gasteiger partial charge in [-0.3, -0.25) is 4.79 Å². The highest BCUT2D eigenvalue weighted by atomic mass is 16.2. The fraction of sp³-hybridized carbons (Fsp3) is 0.875. The summed E-state index contributed by atoms with van der Waals surface area (Å²) in [6, 6.07) is 0. The van der Waals surface area contributed by atoms with Crippen molar-refractivity contribution < 1.29 is 4.79 Å². The number of hydrogen-bond donors (Lipinski definition) is 2. The van der Waals surface area contributed by atoms with E-state index in [0.29, 0.717) is 5.92 Å². The molecule has 1 saturated heterocycles. The highest BCUT2D eigenvalue weighted by Crippen LogP contribution is 2.40. The lowest BCUT2D eigenvalue weighted by Crippen LogP contribution is -2.62. The van der Waals surface area contributed by atoms with E-state index < -0.39 is 0 Å². The minimum Gasteiger partial charge on any atom is -0.353 e. The van der Waals surface area contributed by atoms with Gasteiger partial charge >= 0.3 is 0 Å². The van der Waals surface area contributed by atoms with Gasteiger partial charge < -0.3 is 10.6 Å². The van der Waals surface area contributed by atoms with E-state index in [1.54, 1.807) is 0 Å². The lowest BCUT2D eigenvalue weighted by molar-refractivity contribution is -0.129. The molecule has 1 aliphatic carbocycles. The third-order valence-electron chi connectivity index (χ3n) is 2.77. The van der Waals surface area contributed by atoms with Gasteiger partial charge in [-0.2, -0.15) is 0 Å². The molecule has 1 unspecified atom stereocenters. The van der Waals surface area contributed by atoms with Gasteiger partial charge in [-0.25, -0.2) is 0 Å². The zero-order chi connectivity index (χ0) is 7.90. The molecule has 0 bridgehead atoms. The highest BCUT2D eigenvalue weighted by molar-refractivity contribution is 5.87. The van der Waals surface area contributed by atoms with Crippen molar-refractivity contribution in [2.45, 2.75) is 25.3 Å². The summed E-state index contributed by atoms with van der Waals surface area (Å²) in [5, 5.41) is 6.19. The maximum absolute atomic E-state index is 11.4. The third kappa shape index (κ3) is 1.03. The summed E-state index contributed by atoms with van der Waals surface area (Å²) in [5.41, 5.74) is -0.252. The van der Waals surface area contributed by atoms with Crippen molar-refractivity contribution in [3.8, 4) is 0 Å². The van der Waals surface area contributed by atoms with Gasteiger partial charge in [0.25, 0.3) is 0 Å². The van der Waals surface area contributed by atoms with Crippen LogP contribution in [0.25, 0.3) is 0 Å². The van der Waals surface area contributed by atoms with Gasteiger partial charge in [-0.15, -0.1) is 0 Å². The summed E-state index contributed by atoms with van der Waals surface area (Å²) < 4.78 is 0. The largest absolute Gasteiger partial charge is 0.353 e. The predicted octanol–water partition coefficient (Wildman–Crippen LogP) is -0.126. The van der Waals surface area contributed by atoms with Gasteiger partial charge in [0.05, 0.1) is 5.54 Å². The predicted molar refractivity (Wildman–Crippen MR) is 42.1 cm³/mol. The first kappa shape index (κ1) is 7.10. The van der Waals surface area contributed by atoms with Crippen molar-refractivity contribution in [1.82, 2.24) is 10.6 Å². The number of amides is 1. The Morgan fingerprint density at radius 1 is 1.45 bits per heavy atom. The van der Waals surface area contributed by atoms with Crippen LogP contribution in [0.3, 0.4) is 0 Å². The van der Waals surface area contributed by atoms with E-state index in [1.807, 2.05) is 6.92 Å². The Hall–Kier alpha value is -0.570. The van der Waals surface area contributed by atoms with Gasteiger partial charge in [-0.1, -0.05) is 0 Å². The minimum atomic E-state index is -0.252. The summed E-state index contributed by atoms with van der Waals surface area (Å²) in [6.07, 6.45) is 2.41. The van der Waals surface area contributed by atoms with E-state index in [4.69, 9.17) is 0 Å². The number of carbonyl (C=O) groups excluding carboxylic acids is 1. The molecule has 3 nitrogen and oxygen atoms in total. The van der Waals surface area contributed by atoms with Crippen molar-refractivity contribution in [2.75, 3.05) is 13.1 Å². The molecular formula is C8H14N2O. The Bertz CT molecular complexity index is 189. The maximum Gasteiger partial charge on any atom is 0.240 e. The van der Waals surface area contributed by atoms with Gasteiger partial charge in [-0.05, 0) is 25.7 Å². The number of hydrogen-bond acceptors (Lipinski definition) is 2. The lowest BCUT2D eigenvalue weighted by atomic mass is 9.93. The van der Waals surface area contributed by atoms with Gasteiger partial charge in [0, 0.05) is 13.1 Å². The first-order valence-electron chi connectivity index (χ1n) is 4.27. The summed E-state index contributed by atoms with van der Waals surface area (Å²) >= 11 is 0. The molecule has 0 radical (unpaired) electrons. The molecule has 2 fully saturated rings. The van der Waals surface area contributed by atoms with E-state index in [0.717, 1.165) is 13.1 Å². The van der Waals surface area contributed by atoms with E-state index in [1.165, 1.54) is 12.8 Å². The van der Waals surface area contributed by atoms with E-state index in [-0.39, 0.29) is 11.4 Å². The van der Waals surface area contributed by atoms with Crippen LogP contribution in [0.2, 0.25) is 0 Å². The van der Waals surface area contributed by atoms with E-state index in [9.17, 15) is 4.79 Å². The van der Waals surface area contributed by atoms with Crippen LogP contribution in [-0.4, -0.2) is 24.5 Å². The lowest BCUT2D eigenvalue weighted by Gasteiger charge is -2.33. The third-order valence-corrected chi connectivity index (χ3v) is 2.77. The fourth-order valence-corrected chi connectivity index (χ4v) is 1.75. The molecule has 0 aromatic rings. The van der Waals surface area contributed by atoms with Gasteiger partial charge in [0.15, 0.2) is 0 Å². The molecule has 1 heterocycles. The van der Waals surface area contributed by atoms with Gasteiger partial charge in [0.1, 0.15) is 0 Å². The second-order valence-electron chi connectivity index (χ2n) is 3.66. The Labute approximate surface area is 66.5 Å². The van der Waals surface area contributed by atoms with Crippen LogP contribution in [0.1, 0.15) is 19.8 Å². The van der Waals surface area contributed by atoms with Crippen molar-refractivity contribution in [3.63, 3.8) is 0 Å². The number of piperazine rings is 1. The molecule has 1 aliphatic heterocycles. The zero-order valence-electron chi connectivity index (χ0n) is 6.81. The normalized spacial score (nSPS) is 38.5. The topological polar surface area (TPSA) is 41.1 Å². The second kappa shape index (κ2) is 2.21. The molecule has 1 atom stereocenters. The molecular weight excluding hydrogens is 140 g/mol. The summed E-state index contributed by atoms with van der Waals surface area (Å²) in [7, 11) is 0. The second-order valence-corrected chi connectivity index (χ2v) is 3.66. The zero-order valence-corrected chi connectivity index (χ0v) is 6.81. The van der Waals surface area contributed by atoms with Crippen LogP contribution in [0, 0.1) is 5.92 Å². The molecule has 11 heavy (non-hydrogen) atoms. The first-order chi connectivity index (χ1) is 5.23. The maximum atomic E-state index is 11.4. The Morgan fingerprint density at radius 3 is 2.73 bits per heavy atom. The van der Waals surface area contributed by atoms with Crippen LogP contribution in [-0.2, 0) is 4.79 Å². The Balaban J connectivity index is 2.12. The van der Waals surface area contributed by atoms with Crippen LogP contribution in [0.4, 0.5) is 0 Å². The average molecular weight is 154 g/mol. The van der Waals surface area contributed by atoms with E-state index >= 15 is 0 Å². The van der Waals surface area contributed by atoms with Crippen LogP contribution >= 0.6 is 0 Å². The quantitative estimate of drug-likeness (QED) is 0.552. The van der Waals surface area contributed by atoms with Gasteiger partial charge in [0.2, 0.25) is 5.91 Å². The Morgan fingerprint density at radius 2 is 2.18 bits per heavy atom. The van der Waals surface area contributed by atoms with Crippen LogP contribution in [0.5, 0.6) is 0 Å². The first-order valence-corrected chi connectivity index (χ1v) is 4.27. The number of rotatable bonds is 1. The van der Waals surface area contributed by atoms with Crippen molar-refractivity contribution in [3.05, 3.63) is 0 Å². The molecule has 0 spiro atoms. The summed E-state index contributed by atoms with van der Waals surface area (Å²) in [6.45, 7) is 3.71. The molecule has 1 saturated carbocycles. The molecule has 3 heteroatoms. The molecule has 0 aromatic heterocycles. The summed E-state index contributed by atoms with van der Waals surface area (Å²) in [4.78, 5) is 11.4. The molecule has 1 amide bonds.